The molecule has 0 saturated heterocycles. The van der Waals surface area contributed by atoms with Crippen molar-refractivity contribution in [2.75, 3.05) is 5.43 Å². The largest absolute Gasteiger partial charge is 1.00 e. The third-order valence-electron chi connectivity index (χ3n) is 3.03. The smallest absolute Gasteiger partial charge is 0.550 e. The number of aliphatic carboxylic acids is 2. The number of hydrazone groups is 1. The fourth-order valence-electron chi connectivity index (χ4n) is 1.96. The number of fused-ring (bicyclic) bond motifs is 1. The summed E-state index contributed by atoms with van der Waals surface area (Å²) in [6.07, 6.45) is -0.733. The van der Waals surface area contributed by atoms with E-state index < -0.39 is 24.1 Å². The number of hydrogen-bond acceptors (Lipinski definition) is 7. The van der Waals surface area contributed by atoms with Crippen LogP contribution >= 0.6 is 0 Å². The topological polar surface area (TPSA) is 118 Å². The van der Waals surface area contributed by atoms with Crippen LogP contribution < -0.4 is 67.0 Å². The molecule has 114 valence electrons. The van der Waals surface area contributed by atoms with Crippen LogP contribution in [0.25, 0.3) is 10.9 Å². The van der Waals surface area contributed by atoms with Crippen LogP contribution in [0.5, 0.6) is 0 Å². The summed E-state index contributed by atoms with van der Waals surface area (Å²) in [6.45, 7) is 1.90. The van der Waals surface area contributed by atoms with Gasteiger partial charge in [-0.2, -0.15) is 5.10 Å². The van der Waals surface area contributed by atoms with Gasteiger partial charge in [-0.05, 0) is 37.5 Å². The van der Waals surface area contributed by atoms with Crippen molar-refractivity contribution >= 4 is 34.4 Å². The fraction of sp³-hybridized carbons (Fsp3) is 0.200. The van der Waals surface area contributed by atoms with Gasteiger partial charge in [0.1, 0.15) is 5.82 Å². The van der Waals surface area contributed by atoms with E-state index in [0.29, 0.717) is 5.82 Å². The van der Waals surface area contributed by atoms with Crippen LogP contribution in [0.15, 0.2) is 35.4 Å². The summed E-state index contributed by atoms with van der Waals surface area (Å²) in [4.78, 5) is 25.6. The number of rotatable bonds is 6. The van der Waals surface area contributed by atoms with Gasteiger partial charge in [-0.3, -0.25) is 5.43 Å². The minimum Gasteiger partial charge on any atom is -0.550 e. The van der Waals surface area contributed by atoms with Crippen LogP contribution in [0.4, 0.5) is 5.82 Å². The molecule has 0 aliphatic heterocycles. The zero-order chi connectivity index (χ0) is 16.1. The minimum atomic E-state index is -1.54. The maximum Gasteiger partial charge on any atom is 1.00 e. The van der Waals surface area contributed by atoms with Gasteiger partial charge < -0.3 is 19.8 Å². The van der Waals surface area contributed by atoms with Gasteiger partial charge in [0.2, 0.25) is 0 Å². The second kappa shape index (κ2) is 9.09. The Hall–Kier alpha value is -1.32. The first-order valence-corrected chi connectivity index (χ1v) is 6.57. The summed E-state index contributed by atoms with van der Waals surface area (Å²) < 4.78 is 0. The second-order valence-corrected chi connectivity index (χ2v) is 4.67. The Morgan fingerprint density at radius 1 is 1.22 bits per heavy atom. The number of nitrogens with zero attached hydrogens (tertiary/aromatic N) is 2. The first kappa shape index (κ1) is 19.7. The number of pyridine rings is 1. The summed E-state index contributed by atoms with van der Waals surface area (Å²) in [5.74, 6) is -2.52. The van der Waals surface area contributed by atoms with Gasteiger partial charge in [0, 0.05) is 11.4 Å². The number of aryl methyl sites for hydroxylation is 1. The SMILES string of the molecule is Cc1cc(N/N=C(/CCC(=O)[O-])C(=O)[O-])nc2ccccc12.[K+]. The Balaban J connectivity index is 0.00000264. The van der Waals surface area contributed by atoms with Crippen molar-refractivity contribution in [1.82, 2.24) is 4.98 Å². The van der Waals surface area contributed by atoms with Crippen LogP contribution in [-0.2, 0) is 9.59 Å². The van der Waals surface area contributed by atoms with Crippen molar-refractivity contribution in [2.45, 2.75) is 19.8 Å². The number of anilines is 1. The van der Waals surface area contributed by atoms with Gasteiger partial charge in [0.25, 0.3) is 0 Å². The second-order valence-electron chi connectivity index (χ2n) is 4.67. The van der Waals surface area contributed by atoms with E-state index in [2.05, 4.69) is 15.5 Å². The third kappa shape index (κ3) is 5.67. The molecule has 2 rings (SSSR count). The normalized spacial score (nSPS) is 10.9. The Morgan fingerprint density at radius 3 is 2.57 bits per heavy atom. The van der Waals surface area contributed by atoms with Crippen molar-refractivity contribution in [3.05, 3.63) is 35.9 Å². The standard InChI is InChI=1S/C15H15N3O4.K/c1-9-8-13(16-11-5-3-2-4-10(9)11)18-17-12(15(21)22)6-7-14(19)20;/h2-5,8H,6-7H2,1H3,(H,16,18)(H,19,20)(H,21,22);/q;+1/p-2/b17-12-;. The molecule has 0 saturated carbocycles. The molecule has 0 aliphatic carbocycles. The van der Waals surface area contributed by atoms with E-state index in [-0.39, 0.29) is 57.8 Å². The van der Waals surface area contributed by atoms with Gasteiger partial charge >= 0.3 is 51.4 Å². The molecule has 1 heterocycles. The number of carbonyl (C=O) groups excluding carboxylic acids is 2. The van der Waals surface area contributed by atoms with Crippen molar-refractivity contribution in [1.29, 1.82) is 0 Å². The van der Waals surface area contributed by atoms with Crippen molar-refractivity contribution < 1.29 is 71.2 Å². The first-order valence-electron chi connectivity index (χ1n) is 6.57. The molecule has 0 bridgehead atoms. The van der Waals surface area contributed by atoms with Gasteiger partial charge in [-0.25, -0.2) is 4.98 Å². The zero-order valence-electron chi connectivity index (χ0n) is 12.8. The van der Waals surface area contributed by atoms with Crippen LogP contribution in [0.2, 0.25) is 0 Å². The maximum absolute atomic E-state index is 10.9. The molecule has 7 nitrogen and oxygen atoms in total. The number of carbonyl (C=O) groups is 2. The molecule has 0 atom stereocenters. The van der Waals surface area contributed by atoms with E-state index >= 15 is 0 Å². The monoisotopic (exact) mass is 338 g/mol. The Bertz CT molecular complexity index is 761. The Kier molecular flexibility index (Phi) is 7.79. The van der Waals surface area contributed by atoms with E-state index in [1.54, 1.807) is 6.07 Å². The first-order chi connectivity index (χ1) is 10.5. The number of hydrogen-bond donors (Lipinski definition) is 1. The molecular formula is C15H13KN3O4-. The van der Waals surface area contributed by atoms with E-state index in [9.17, 15) is 19.8 Å². The molecule has 0 unspecified atom stereocenters. The van der Waals surface area contributed by atoms with Gasteiger partial charge in [0.05, 0.1) is 17.2 Å². The predicted molar refractivity (Wildman–Crippen MR) is 76.8 cm³/mol. The molecule has 1 aromatic heterocycles. The molecule has 8 heteroatoms. The average molecular weight is 338 g/mol. The summed E-state index contributed by atoms with van der Waals surface area (Å²) in [7, 11) is 0. The van der Waals surface area contributed by atoms with Gasteiger partial charge in [0.15, 0.2) is 0 Å². The maximum atomic E-state index is 10.9. The van der Waals surface area contributed by atoms with E-state index in [4.69, 9.17) is 0 Å². The van der Waals surface area contributed by atoms with Gasteiger partial charge in [-0.1, -0.05) is 18.2 Å². The Morgan fingerprint density at radius 2 is 1.91 bits per heavy atom. The number of benzene rings is 1. The molecule has 0 aliphatic rings. The number of carboxylic acids is 2. The van der Waals surface area contributed by atoms with Crippen LogP contribution in [-0.4, -0.2) is 22.6 Å². The summed E-state index contributed by atoms with van der Waals surface area (Å²) in [6, 6.07) is 9.21. The molecule has 2 aromatic rings. The van der Waals surface area contributed by atoms with Crippen LogP contribution in [0.3, 0.4) is 0 Å². The van der Waals surface area contributed by atoms with Crippen LogP contribution in [0.1, 0.15) is 18.4 Å². The minimum absolute atomic E-state index is 0. The van der Waals surface area contributed by atoms with Crippen molar-refractivity contribution in [3.8, 4) is 0 Å². The number of carboxylic acid groups (broad SMARTS) is 2. The van der Waals surface area contributed by atoms with E-state index in [1.807, 2.05) is 31.2 Å². The summed E-state index contributed by atoms with van der Waals surface area (Å²) in [5, 5.41) is 25.9. The molecule has 1 N–H and O–H groups in total. The number of aromatic nitrogens is 1. The van der Waals surface area contributed by atoms with Crippen LogP contribution in [0, 0.1) is 6.92 Å². The average Bonchev–Trinajstić information content (AvgIpc) is 2.46. The molecule has 0 amide bonds. The van der Waals surface area contributed by atoms with Crippen molar-refractivity contribution in [2.24, 2.45) is 5.10 Å². The molecule has 0 spiro atoms. The Labute approximate surface area is 175 Å². The zero-order valence-corrected chi connectivity index (χ0v) is 16.0. The molecule has 1 aromatic carbocycles. The summed E-state index contributed by atoms with van der Waals surface area (Å²) in [5.41, 5.74) is 3.81. The fourth-order valence-corrected chi connectivity index (χ4v) is 1.96. The molecule has 0 fully saturated rings. The number of nitrogens with one attached hydrogen (secondary N) is 1. The molecule has 0 radical (unpaired) electrons. The summed E-state index contributed by atoms with van der Waals surface area (Å²) >= 11 is 0. The van der Waals surface area contributed by atoms with E-state index in [0.717, 1.165) is 16.5 Å². The molecular weight excluding hydrogens is 325 g/mol. The quantitative estimate of drug-likeness (QED) is 0.333. The predicted octanol–water partition coefficient (Wildman–Crippen LogP) is -3.40. The third-order valence-corrected chi connectivity index (χ3v) is 3.03. The van der Waals surface area contributed by atoms with Gasteiger partial charge in [-0.15, -0.1) is 0 Å². The molecule has 23 heavy (non-hydrogen) atoms. The number of para-hydroxylation sites is 1. The van der Waals surface area contributed by atoms with E-state index in [1.165, 1.54) is 0 Å². The van der Waals surface area contributed by atoms with Crippen molar-refractivity contribution in [3.63, 3.8) is 0 Å².